The van der Waals surface area contributed by atoms with E-state index in [1.165, 1.54) is 0 Å². The molecular formula is C11H15ClN2O. The minimum Gasteiger partial charge on any atom is -0.488 e. The van der Waals surface area contributed by atoms with Crippen molar-refractivity contribution in [3.05, 3.63) is 23.2 Å². The van der Waals surface area contributed by atoms with Gasteiger partial charge in [-0.1, -0.05) is 11.6 Å². The average Bonchev–Trinajstić information content (AvgIpc) is 2.24. The summed E-state index contributed by atoms with van der Waals surface area (Å²) in [6.45, 7) is 2.02. The fraction of sp³-hybridized carbons (Fsp3) is 0.455. The summed E-state index contributed by atoms with van der Waals surface area (Å²) < 4.78 is 5.82. The molecule has 0 atom stereocenters. The standard InChI is InChI=1S/C11H15ClN2O/c12-8-1-2-11(10(13)7-8)15-9-3-5-14-6-4-9/h1-2,7,9,14H,3-6,13H2. The van der Waals surface area contributed by atoms with Crippen LogP contribution in [0.1, 0.15) is 12.8 Å². The van der Waals surface area contributed by atoms with Gasteiger partial charge in [0.25, 0.3) is 0 Å². The predicted octanol–water partition coefficient (Wildman–Crippen LogP) is 2.05. The molecule has 3 nitrogen and oxygen atoms in total. The van der Waals surface area contributed by atoms with Gasteiger partial charge in [-0.2, -0.15) is 0 Å². The fourth-order valence-electron chi connectivity index (χ4n) is 1.72. The number of ether oxygens (including phenoxy) is 1. The van der Waals surface area contributed by atoms with E-state index in [4.69, 9.17) is 22.1 Å². The van der Waals surface area contributed by atoms with E-state index in [1.807, 2.05) is 6.07 Å². The maximum atomic E-state index is 5.82. The van der Waals surface area contributed by atoms with Crippen LogP contribution in [-0.2, 0) is 0 Å². The van der Waals surface area contributed by atoms with Crippen molar-refractivity contribution in [2.24, 2.45) is 0 Å². The lowest BCUT2D eigenvalue weighted by atomic mass is 10.1. The number of nitrogens with one attached hydrogen (secondary N) is 1. The molecule has 0 aromatic heterocycles. The summed E-state index contributed by atoms with van der Waals surface area (Å²) in [6, 6.07) is 5.35. The van der Waals surface area contributed by atoms with Gasteiger partial charge in [-0.15, -0.1) is 0 Å². The van der Waals surface area contributed by atoms with Crippen molar-refractivity contribution in [1.29, 1.82) is 0 Å². The Labute approximate surface area is 94.6 Å². The van der Waals surface area contributed by atoms with Crippen LogP contribution < -0.4 is 15.8 Å². The Morgan fingerprint density at radius 1 is 1.33 bits per heavy atom. The van der Waals surface area contributed by atoms with E-state index in [-0.39, 0.29) is 6.10 Å². The molecule has 0 bridgehead atoms. The number of halogens is 1. The zero-order valence-electron chi connectivity index (χ0n) is 8.50. The van der Waals surface area contributed by atoms with Gasteiger partial charge in [-0.25, -0.2) is 0 Å². The van der Waals surface area contributed by atoms with E-state index >= 15 is 0 Å². The van der Waals surface area contributed by atoms with Crippen molar-refractivity contribution < 1.29 is 4.74 Å². The number of hydrogen-bond donors (Lipinski definition) is 2. The molecule has 15 heavy (non-hydrogen) atoms. The van der Waals surface area contributed by atoms with Gasteiger partial charge in [-0.05, 0) is 44.1 Å². The normalized spacial score (nSPS) is 17.7. The second kappa shape index (κ2) is 4.73. The van der Waals surface area contributed by atoms with Gasteiger partial charge < -0.3 is 15.8 Å². The molecule has 1 aromatic carbocycles. The van der Waals surface area contributed by atoms with Gasteiger partial charge in [0, 0.05) is 5.02 Å². The predicted molar refractivity (Wildman–Crippen MR) is 62.4 cm³/mol. The molecule has 1 aliphatic heterocycles. The number of anilines is 1. The van der Waals surface area contributed by atoms with Crippen LogP contribution in [-0.4, -0.2) is 19.2 Å². The van der Waals surface area contributed by atoms with E-state index < -0.39 is 0 Å². The molecule has 0 saturated carbocycles. The average molecular weight is 227 g/mol. The summed E-state index contributed by atoms with van der Waals surface area (Å²) in [7, 11) is 0. The lowest BCUT2D eigenvalue weighted by Gasteiger charge is -2.24. The quantitative estimate of drug-likeness (QED) is 0.759. The molecule has 1 saturated heterocycles. The molecule has 0 amide bonds. The Balaban J connectivity index is 2.03. The number of benzene rings is 1. The Hall–Kier alpha value is -0.930. The fourth-order valence-corrected chi connectivity index (χ4v) is 1.90. The van der Waals surface area contributed by atoms with Gasteiger partial charge in [0.1, 0.15) is 11.9 Å². The van der Waals surface area contributed by atoms with Crippen LogP contribution in [0.15, 0.2) is 18.2 Å². The van der Waals surface area contributed by atoms with Crippen molar-refractivity contribution in [2.75, 3.05) is 18.8 Å². The second-order valence-corrected chi connectivity index (χ2v) is 4.19. The van der Waals surface area contributed by atoms with E-state index in [2.05, 4.69) is 5.32 Å². The Bertz CT molecular complexity index is 337. The third-order valence-corrected chi connectivity index (χ3v) is 2.79. The molecule has 0 aliphatic carbocycles. The zero-order chi connectivity index (χ0) is 10.7. The molecule has 2 rings (SSSR count). The van der Waals surface area contributed by atoms with Crippen LogP contribution in [0.3, 0.4) is 0 Å². The highest BCUT2D eigenvalue weighted by Gasteiger charge is 2.15. The van der Waals surface area contributed by atoms with E-state index in [1.54, 1.807) is 12.1 Å². The van der Waals surface area contributed by atoms with E-state index in [9.17, 15) is 0 Å². The van der Waals surface area contributed by atoms with Crippen LogP contribution in [0, 0.1) is 0 Å². The first-order valence-electron chi connectivity index (χ1n) is 5.18. The highest BCUT2D eigenvalue weighted by Crippen LogP contribution is 2.27. The van der Waals surface area contributed by atoms with Crippen LogP contribution in [0.2, 0.25) is 5.02 Å². The lowest BCUT2D eigenvalue weighted by Crippen LogP contribution is -2.34. The zero-order valence-corrected chi connectivity index (χ0v) is 9.26. The van der Waals surface area contributed by atoms with Crippen molar-refractivity contribution in [3.8, 4) is 5.75 Å². The Kier molecular flexibility index (Phi) is 3.34. The van der Waals surface area contributed by atoms with Crippen molar-refractivity contribution >= 4 is 17.3 Å². The van der Waals surface area contributed by atoms with E-state index in [0.29, 0.717) is 10.7 Å². The maximum Gasteiger partial charge on any atom is 0.142 e. The second-order valence-electron chi connectivity index (χ2n) is 3.75. The van der Waals surface area contributed by atoms with Crippen LogP contribution in [0.5, 0.6) is 5.75 Å². The summed E-state index contributed by atoms with van der Waals surface area (Å²) in [5, 5.41) is 3.94. The summed E-state index contributed by atoms with van der Waals surface area (Å²) >= 11 is 5.81. The molecule has 82 valence electrons. The third kappa shape index (κ3) is 2.76. The molecule has 1 aromatic rings. The highest BCUT2D eigenvalue weighted by molar-refractivity contribution is 6.30. The largest absolute Gasteiger partial charge is 0.488 e. The van der Waals surface area contributed by atoms with Gasteiger partial charge in [0.2, 0.25) is 0 Å². The molecule has 3 N–H and O–H groups in total. The summed E-state index contributed by atoms with van der Waals surface area (Å²) in [5.41, 5.74) is 6.43. The van der Waals surface area contributed by atoms with Crippen molar-refractivity contribution in [3.63, 3.8) is 0 Å². The van der Waals surface area contributed by atoms with Crippen LogP contribution in [0.25, 0.3) is 0 Å². The number of piperidine rings is 1. The first-order valence-corrected chi connectivity index (χ1v) is 5.56. The molecule has 0 spiro atoms. The van der Waals surface area contributed by atoms with E-state index in [0.717, 1.165) is 31.7 Å². The topological polar surface area (TPSA) is 47.3 Å². The van der Waals surface area contributed by atoms with Gasteiger partial charge in [0.15, 0.2) is 0 Å². The number of nitrogen functional groups attached to an aromatic ring is 1. The molecule has 0 radical (unpaired) electrons. The first kappa shape index (κ1) is 10.6. The van der Waals surface area contributed by atoms with Crippen molar-refractivity contribution in [1.82, 2.24) is 5.32 Å². The monoisotopic (exact) mass is 226 g/mol. The minimum atomic E-state index is 0.273. The number of nitrogens with two attached hydrogens (primary N) is 1. The molecular weight excluding hydrogens is 212 g/mol. The minimum absolute atomic E-state index is 0.273. The highest BCUT2D eigenvalue weighted by atomic mass is 35.5. The third-order valence-electron chi connectivity index (χ3n) is 2.55. The van der Waals surface area contributed by atoms with Gasteiger partial charge in [0.05, 0.1) is 5.69 Å². The van der Waals surface area contributed by atoms with Gasteiger partial charge in [-0.3, -0.25) is 0 Å². The Morgan fingerprint density at radius 3 is 2.73 bits per heavy atom. The van der Waals surface area contributed by atoms with Crippen molar-refractivity contribution in [2.45, 2.75) is 18.9 Å². The number of rotatable bonds is 2. The summed E-state index contributed by atoms with van der Waals surface area (Å²) in [4.78, 5) is 0. The smallest absolute Gasteiger partial charge is 0.142 e. The number of hydrogen-bond acceptors (Lipinski definition) is 3. The Morgan fingerprint density at radius 2 is 2.07 bits per heavy atom. The van der Waals surface area contributed by atoms with Crippen LogP contribution in [0.4, 0.5) is 5.69 Å². The SMILES string of the molecule is Nc1cc(Cl)ccc1OC1CCNCC1. The summed E-state index contributed by atoms with van der Waals surface area (Å²) in [5.74, 6) is 0.742. The lowest BCUT2D eigenvalue weighted by molar-refractivity contribution is 0.163. The van der Waals surface area contributed by atoms with Gasteiger partial charge >= 0.3 is 0 Å². The first-order chi connectivity index (χ1) is 7.25. The molecule has 4 heteroatoms. The molecule has 1 heterocycles. The molecule has 1 aliphatic rings. The van der Waals surface area contributed by atoms with Crippen LogP contribution >= 0.6 is 11.6 Å². The summed E-state index contributed by atoms with van der Waals surface area (Å²) in [6.07, 6.45) is 2.33. The molecule has 0 unspecified atom stereocenters. The molecule has 1 fully saturated rings. The maximum absolute atomic E-state index is 5.82.